The predicted molar refractivity (Wildman–Crippen MR) is 80.4 cm³/mol. The molecule has 7 nitrogen and oxygen atoms in total. The third-order valence-electron chi connectivity index (χ3n) is 2.71. The van der Waals surface area contributed by atoms with Crippen molar-refractivity contribution in [2.45, 2.75) is 17.7 Å². The molecule has 0 saturated heterocycles. The van der Waals surface area contributed by atoms with E-state index in [0.29, 0.717) is 12.1 Å². The van der Waals surface area contributed by atoms with Crippen molar-refractivity contribution in [2.24, 2.45) is 0 Å². The summed E-state index contributed by atoms with van der Waals surface area (Å²) < 4.78 is 38.5. The highest BCUT2D eigenvalue weighted by Gasteiger charge is 2.26. The first-order valence-corrected chi connectivity index (χ1v) is 7.60. The number of carbonyl (C=O) groups is 1. The molecule has 0 bridgehead atoms. The first-order chi connectivity index (χ1) is 10.4. The molecule has 0 unspecified atom stereocenters. The summed E-state index contributed by atoms with van der Waals surface area (Å²) in [7, 11) is -0.403. The highest BCUT2D eigenvalue weighted by Crippen LogP contribution is 2.37. The van der Waals surface area contributed by atoms with Gasteiger partial charge in [0.1, 0.15) is 11.5 Å². The molecule has 1 aromatic rings. The number of rotatable bonds is 7. The van der Waals surface area contributed by atoms with E-state index in [1.807, 2.05) is 0 Å². The topological polar surface area (TPSA) is 90.9 Å². The third-order valence-corrected chi connectivity index (χ3v) is 4.05. The maximum Gasteiger partial charge on any atom is 0.304 e. The number of anilines is 1. The van der Waals surface area contributed by atoms with Gasteiger partial charge >= 0.3 is 10.1 Å². The van der Waals surface area contributed by atoms with Gasteiger partial charge in [0.25, 0.3) is 0 Å². The normalized spacial score (nSPS) is 10.6. The molecule has 8 heteroatoms. The first kappa shape index (κ1) is 17.8. The Morgan fingerprint density at radius 1 is 1.23 bits per heavy atom. The zero-order chi connectivity index (χ0) is 16.8. The second-order valence-electron chi connectivity index (χ2n) is 4.08. The van der Waals surface area contributed by atoms with Crippen LogP contribution >= 0.6 is 0 Å². The Kier molecular flexibility index (Phi) is 6.22. The molecule has 22 heavy (non-hydrogen) atoms. The molecule has 0 aromatic heterocycles. The molecular weight excluding hydrogens is 310 g/mol. The molecule has 0 aliphatic heterocycles. The lowest BCUT2D eigenvalue weighted by Gasteiger charge is -2.15. The van der Waals surface area contributed by atoms with E-state index in [1.165, 1.54) is 26.4 Å². The van der Waals surface area contributed by atoms with Crippen LogP contribution in [0.2, 0.25) is 0 Å². The average Bonchev–Trinajstić information content (AvgIpc) is 2.51. The van der Waals surface area contributed by atoms with Crippen LogP contribution in [0, 0.1) is 12.3 Å². The van der Waals surface area contributed by atoms with E-state index in [2.05, 4.69) is 15.4 Å². The molecule has 1 rings (SSSR count). The molecule has 0 atom stereocenters. The van der Waals surface area contributed by atoms with E-state index in [1.54, 1.807) is 0 Å². The van der Waals surface area contributed by atoms with E-state index < -0.39 is 10.1 Å². The maximum atomic E-state index is 11.9. The van der Waals surface area contributed by atoms with E-state index in [9.17, 15) is 13.2 Å². The zero-order valence-corrected chi connectivity index (χ0v) is 13.3. The van der Waals surface area contributed by atoms with Gasteiger partial charge in [0.15, 0.2) is 4.90 Å². The summed E-state index contributed by atoms with van der Waals surface area (Å²) in [5.41, 5.74) is 0.325. The number of benzene rings is 1. The molecule has 0 radical (unpaired) electrons. The lowest BCUT2D eigenvalue weighted by Crippen LogP contribution is -2.13. The van der Waals surface area contributed by atoms with Gasteiger partial charge in [0, 0.05) is 30.7 Å². The molecule has 0 aliphatic rings. The van der Waals surface area contributed by atoms with Crippen molar-refractivity contribution >= 4 is 21.7 Å². The fourth-order valence-corrected chi connectivity index (χ4v) is 2.63. The van der Waals surface area contributed by atoms with Crippen molar-refractivity contribution in [2.75, 3.05) is 26.6 Å². The summed E-state index contributed by atoms with van der Waals surface area (Å²) in [5, 5.41) is 2.59. The van der Waals surface area contributed by atoms with Crippen molar-refractivity contribution < 1.29 is 26.9 Å². The predicted octanol–water partition coefficient (Wildman–Crippen LogP) is 1.39. The average molecular weight is 327 g/mol. The van der Waals surface area contributed by atoms with Gasteiger partial charge in [0.2, 0.25) is 5.91 Å². The summed E-state index contributed by atoms with van der Waals surface area (Å²) in [6, 6.07) is 2.73. The second-order valence-corrected chi connectivity index (χ2v) is 5.73. The van der Waals surface area contributed by atoms with Gasteiger partial charge < -0.3 is 14.8 Å². The number of amides is 1. The maximum absolute atomic E-state index is 11.9. The largest absolute Gasteiger partial charge is 0.495 e. The van der Waals surface area contributed by atoms with Crippen LogP contribution in [0.25, 0.3) is 0 Å². The molecule has 0 saturated carbocycles. The van der Waals surface area contributed by atoms with Gasteiger partial charge in [0.05, 0.1) is 21.3 Å². The van der Waals surface area contributed by atoms with Crippen molar-refractivity contribution in [3.63, 3.8) is 0 Å². The van der Waals surface area contributed by atoms with Crippen molar-refractivity contribution in [1.82, 2.24) is 0 Å². The van der Waals surface area contributed by atoms with E-state index in [4.69, 9.17) is 15.9 Å². The summed E-state index contributed by atoms with van der Waals surface area (Å²) in [4.78, 5) is 11.4. The zero-order valence-electron chi connectivity index (χ0n) is 12.5. The Balaban J connectivity index is 3.26. The standard InChI is InChI=1S/C14H17NO6S/c1-5-6-7-13(16)15-10-8-11(19-2)14(12(9-10)20-3)22(17,18)21-4/h1,8-9H,6-7H2,2-4H3,(H,15,16). The minimum absolute atomic E-state index is 0.00606. The number of methoxy groups -OCH3 is 2. The summed E-state index contributed by atoms with van der Waals surface area (Å²) in [6.45, 7) is 0. The van der Waals surface area contributed by atoms with Crippen LogP contribution in [0.5, 0.6) is 11.5 Å². The Labute approximate surface area is 129 Å². The molecular formula is C14H17NO6S. The SMILES string of the molecule is C#CCCC(=O)Nc1cc(OC)c(S(=O)(=O)OC)c(OC)c1. The van der Waals surface area contributed by atoms with Crippen LogP contribution in [0.1, 0.15) is 12.8 Å². The Bertz CT molecular complexity index is 665. The second kappa shape index (κ2) is 7.68. The lowest BCUT2D eigenvalue weighted by atomic mass is 10.2. The van der Waals surface area contributed by atoms with Crippen LogP contribution in [0.4, 0.5) is 5.69 Å². The number of hydrogen-bond acceptors (Lipinski definition) is 6. The molecule has 0 aliphatic carbocycles. The van der Waals surface area contributed by atoms with Gasteiger partial charge in [-0.2, -0.15) is 8.42 Å². The molecule has 120 valence electrons. The number of carbonyl (C=O) groups excluding carboxylic acids is 1. The van der Waals surface area contributed by atoms with E-state index in [0.717, 1.165) is 7.11 Å². The number of ether oxygens (including phenoxy) is 2. The van der Waals surface area contributed by atoms with E-state index >= 15 is 0 Å². The smallest absolute Gasteiger partial charge is 0.304 e. The van der Waals surface area contributed by atoms with Crippen LogP contribution in [-0.4, -0.2) is 35.7 Å². The van der Waals surface area contributed by atoms with Gasteiger partial charge in [-0.15, -0.1) is 12.3 Å². The highest BCUT2D eigenvalue weighted by atomic mass is 32.2. The number of terminal acetylenes is 1. The van der Waals surface area contributed by atoms with Gasteiger partial charge in [-0.1, -0.05) is 0 Å². The van der Waals surface area contributed by atoms with Gasteiger partial charge in [-0.3, -0.25) is 8.98 Å². The molecule has 1 aromatic carbocycles. The summed E-state index contributed by atoms with van der Waals surface area (Å²) in [5.74, 6) is 2.05. The Hall–Kier alpha value is -2.24. The minimum Gasteiger partial charge on any atom is -0.495 e. The molecule has 1 N–H and O–H groups in total. The molecule has 0 fully saturated rings. The summed E-state index contributed by atoms with van der Waals surface area (Å²) in [6.07, 6.45) is 5.55. The monoisotopic (exact) mass is 327 g/mol. The molecule has 0 heterocycles. The molecule has 1 amide bonds. The van der Waals surface area contributed by atoms with E-state index in [-0.39, 0.29) is 28.7 Å². The third kappa shape index (κ3) is 4.13. The minimum atomic E-state index is -4.03. The van der Waals surface area contributed by atoms with Gasteiger partial charge in [-0.05, 0) is 0 Å². The van der Waals surface area contributed by atoms with Crippen molar-refractivity contribution in [3.05, 3.63) is 12.1 Å². The number of hydrogen-bond donors (Lipinski definition) is 1. The van der Waals surface area contributed by atoms with Crippen molar-refractivity contribution in [1.29, 1.82) is 0 Å². The van der Waals surface area contributed by atoms with Crippen LogP contribution in [-0.2, 0) is 19.1 Å². The fraction of sp³-hybridized carbons (Fsp3) is 0.357. The first-order valence-electron chi connectivity index (χ1n) is 6.19. The van der Waals surface area contributed by atoms with Gasteiger partial charge in [-0.25, -0.2) is 0 Å². The van der Waals surface area contributed by atoms with Crippen molar-refractivity contribution in [3.8, 4) is 23.8 Å². The Morgan fingerprint density at radius 3 is 2.18 bits per heavy atom. The highest BCUT2D eigenvalue weighted by molar-refractivity contribution is 7.87. The Morgan fingerprint density at radius 2 is 1.77 bits per heavy atom. The van der Waals surface area contributed by atoms with Crippen LogP contribution in [0.15, 0.2) is 17.0 Å². The number of nitrogens with one attached hydrogen (secondary N) is 1. The van der Waals surface area contributed by atoms with Crippen LogP contribution < -0.4 is 14.8 Å². The lowest BCUT2D eigenvalue weighted by molar-refractivity contribution is -0.116. The fourth-order valence-electron chi connectivity index (χ4n) is 1.69. The quantitative estimate of drug-likeness (QED) is 0.601. The molecule has 0 spiro atoms. The van der Waals surface area contributed by atoms with Crippen LogP contribution in [0.3, 0.4) is 0 Å². The summed E-state index contributed by atoms with van der Waals surface area (Å²) >= 11 is 0.